The van der Waals surface area contributed by atoms with E-state index in [0.717, 1.165) is 24.8 Å². The molecule has 0 radical (unpaired) electrons. The van der Waals surface area contributed by atoms with E-state index < -0.39 is 28.7 Å². The molecule has 0 aliphatic carbocycles. The fourth-order valence-electron chi connectivity index (χ4n) is 2.50. The molecule has 30 heavy (non-hydrogen) atoms. The zero-order chi connectivity index (χ0) is 23.2. The third kappa shape index (κ3) is 6.46. The van der Waals surface area contributed by atoms with Crippen LogP contribution in [0.5, 0.6) is 0 Å². The zero-order valence-corrected chi connectivity index (χ0v) is 17.9. The van der Waals surface area contributed by atoms with Crippen molar-refractivity contribution >= 4 is 29.1 Å². The molecular weight excluding hydrogens is 420 g/mol. The summed E-state index contributed by atoms with van der Waals surface area (Å²) in [5, 5.41) is 8.85. The zero-order valence-electron chi connectivity index (χ0n) is 17.1. The number of hydrogen-bond acceptors (Lipinski definition) is 4. The van der Waals surface area contributed by atoms with Crippen LogP contribution < -0.4 is 4.90 Å². The Hall–Kier alpha value is -2.60. The van der Waals surface area contributed by atoms with E-state index in [-0.39, 0.29) is 27.6 Å². The average molecular weight is 442 g/mol. The summed E-state index contributed by atoms with van der Waals surface area (Å²) in [5.41, 5.74) is -1.55. The number of halogens is 4. The number of anilines is 1. The Morgan fingerprint density at radius 1 is 1.30 bits per heavy atom. The van der Waals surface area contributed by atoms with Gasteiger partial charge in [0, 0.05) is 22.2 Å². The van der Waals surface area contributed by atoms with Gasteiger partial charge in [0.25, 0.3) is 5.91 Å². The highest BCUT2D eigenvalue weighted by Crippen LogP contribution is 2.36. The van der Waals surface area contributed by atoms with Crippen LogP contribution in [0, 0.1) is 17.1 Å². The number of allylic oxidation sites excluding steroid dienone is 2. The minimum atomic E-state index is -4.71. The molecule has 0 fully saturated rings. The first-order chi connectivity index (χ1) is 13.8. The van der Waals surface area contributed by atoms with E-state index in [9.17, 15) is 32.4 Å². The van der Waals surface area contributed by atoms with Gasteiger partial charge in [0.2, 0.25) is 0 Å². The molecule has 1 amide bonds. The van der Waals surface area contributed by atoms with Crippen molar-refractivity contribution in [2.24, 2.45) is 0 Å². The second-order valence-corrected chi connectivity index (χ2v) is 7.90. The van der Waals surface area contributed by atoms with Gasteiger partial charge >= 0.3 is 6.18 Å². The van der Waals surface area contributed by atoms with Gasteiger partial charge in [-0.1, -0.05) is 19.9 Å². The van der Waals surface area contributed by atoms with Crippen molar-refractivity contribution in [3.63, 3.8) is 0 Å². The molecule has 0 spiro atoms. The van der Waals surface area contributed by atoms with Crippen LogP contribution >= 0.6 is 11.8 Å². The molecule has 4 nitrogen and oxygen atoms in total. The van der Waals surface area contributed by atoms with Crippen molar-refractivity contribution in [1.82, 2.24) is 0 Å². The van der Waals surface area contributed by atoms with Crippen molar-refractivity contribution in [2.75, 3.05) is 4.90 Å². The first-order valence-corrected chi connectivity index (χ1v) is 9.87. The largest absolute Gasteiger partial charge is 0.412 e. The van der Waals surface area contributed by atoms with Crippen molar-refractivity contribution in [3.8, 4) is 6.07 Å². The van der Waals surface area contributed by atoms with Crippen LogP contribution in [0.15, 0.2) is 41.0 Å². The Morgan fingerprint density at radius 3 is 2.33 bits per heavy atom. The normalized spacial score (nSPS) is 12.8. The SMILES string of the molecule is C=C(C)N(C(=O)/C=C(\C)C(F)(F)F)c1cc(SC(CCC)C(C)=O)c(C#N)cc1F. The molecule has 162 valence electrons. The van der Waals surface area contributed by atoms with E-state index in [1.54, 1.807) is 0 Å². The predicted molar refractivity (Wildman–Crippen MR) is 108 cm³/mol. The number of nitrogens with zero attached hydrogens (tertiary/aromatic N) is 2. The van der Waals surface area contributed by atoms with Crippen LogP contribution in [-0.4, -0.2) is 23.1 Å². The number of rotatable bonds is 8. The molecule has 1 aromatic rings. The monoisotopic (exact) mass is 442 g/mol. The fourth-order valence-corrected chi connectivity index (χ4v) is 3.74. The molecule has 0 saturated heterocycles. The summed E-state index contributed by atoms with van der Waals surface area (Å²) >= 11 is 1.05. The first-order valence-electron chi connectivity index (χ1n) is 8.99. The van der Waals surface area contributed by atoms with Gasteiger partial charge in [-0.2, -0.15) is 18.4 Å². The lowest BCUT2D eigenvalue weighted by molar-refractivity contribution is -0.116. The van der Waals surface area contributed by atoms with Crippen LogP contribution in [0.3, 0.4) is 0 Å². The van der Waals surface area contributed by atoms with Crippen LogP contribution in [0.4, 0.5) is 23.2 Å². The lowest BCUT2D eigenvalue weighted by atomic mass is 10.1. The molecule has 0 N–H and O–H groups in total. The summed E-state index contributed by atoms with van der Waals surface area (Å²) < 4.78 is 53.1. The predicted octanol–water partition coefficient (Wildman–Crippen LogP) is 5.92. The molecule has 1 unspecified atom stereocenters. The quantitative estimate of drug-likeness (QED) is 0.285. The molecule has 0 heterocycles. The number of amides is 1. The number of ketones is 1. The molecule has 0 saturated carbocycles. The van der Waals surface area contributed by atoms with E-state index in [1.165, 1.54) is 19.9 Å². The van der Waals surface area contributed by atoms with Gasteiger partial charge < -0.3 is 0 Å². The Bertz CT molecular complexity index is 917. The third-order valence-electron chi connectivity index (χ3n) is 4.07. The minimum absolute atomic E-state index is 0.0116. The number of carbonyl (C=O) groups excluding carboxylic acids is 2. The molecule has 0 aliphatic rings. The minimum Gasteiger partial charge on any atom is -0.299 e. The van der Waals surface area contributed by atoms with Crippen LogP contribution in [0.2, 0.25) is 0 Å². The maximum Gasteiger partial charge on any atom is 0.412 e. The van der Waals surface area contributed by atoms with E-state index in [4.69, 9.17) is 0 Å². The average Bonchev–Trinajstić information content (AvgIpc) is 2.62. The van der Waals surface area contributed by atoms with Gasteiger partial charge in [-0.15, -0.1) is 11.8 Å². The lowest BCUT2D eigenvalue weighted by Gasteiger charge is -2.24. The Kier molecular flexibility index (Phi) is 8.85. The number of benzene rings is 1. The van der Waals surface area contributed by atoms with Gasteiger partial charge in [0.15, 0.2) is 0 Å². The third-order valence-corrected chi connectivity index (χ3v) is 5.52. The molecule has 1 aromatic carbocycles. The smallest absolute Gasteiger partial charge is 0.299 e. The number of alkyl halides is 3. The van der Waals surface area contributed by atoms with E-state index in [0.29, 0.717) is 23.8 Å². The van der Waals surface area contributed by atoms with Gasteiger partial charge in [0.05, 0.1) is 16.5 Å². The summed E-state index contributed by atoms with van der Waals surface area (Å²) in [6, 6.07) is 3.92. The molecule has 9 heteroatoms. The first kappa shape index (κ1) is 25.4. The Labute approximate surface area is 177 Å². The standard InChI is InChI=1S/C21H22F4N2O2S/c1-6-7-18(14(5)28)30-19-10-17(16(22)9-15(19)11-26)27(12(2)3)20(29)8-13(4)21(23,24)25/h8-10,18H,2,6-7H2,1,3-5H3/b13-8+. The summed E-state index contributed by atoms with van der Waals surface area (Å²) in [7, 11) is 0. The second-order valence-electron chi connectivity index (χ2n) is 6.65. The number of hydrogen-bond donors (Lipinski definition) is 0. The Balaban J connectivity index is 3.53. The van der Waals surface area contributed by atoms with E-state index in [2.05, 4.69) is 6.58 Å². The lowest BCUT2D eigenvalue weighted by Crippen LogP contribution is -2.29. The topological polar surface area (TPSA) is 61.2 Å². The van der Waals surface area contributed by atoms with Crippen LogP contribution in [0.25, 0.3) is 0 Å². The summed E-state index contributed by atoms with van der Waals surface area (Å²) in [4.78, 5) is 25.3. The maximum absolute atomic E-state index is 14.7. The van der Waals surface area contributed by atoms with Crippen molar-refractivity contribution in [2.45, 2.75) is 56.9 Å². The van der Waals surface area contributed by atoms with Gasteiger partial charge in [-0.25, -0.2) is 4.39 Å². The van der Waals surface area contributed by atoms with E-state index >= 15 is 0 Å². The highest BCUT2D eigenvalue weighted by Gasteiger charge is 2.32. The number of nitriles is 1. The Morgan fingerprint density at radius 2 is 1.90 bits per heavy atom. The molecule has 1 rings (SSSR count). The van der Waals surface area contributed by atoms with Gasteiger partial charge in [-0.3, -0.25) is 14.5 Å². The fraction of sp³-hybridized carbons (Fsp3) is 0.381. The van der Waals surface area contributed by atoms with E-state index in [1.807, 2.05) is 13.0 Å². The molecular formula is C21H22F4N2O2S. The highest BCUT2D eigenvalue weighted by molar-refractivity contribution is 8.00. The highest BCUT2D eigenvalue weighted by atomic mass is 32.2. The number of thioether (sulfide) groups is 1. The molecule has 0 aliphatic heterocycles. The van der Waals surface area contributed by atoms with Crippen molar-refractivity contribution in [3.05, 3.63) is 47.4 Å². The summed E-state index contributed by atoms with van der Waals surface area (Å²) in [6.45, 7) is 8.91. The summed E-state index contributed by atoms with van der Waals surface area (Å²) in [6.07, 6.45) is -3.14. The molecule has 0 bridgehead atoms. The van der Waals surface area contributed by atoms with Crippen molar-refractivity contribution < 1.29 is 27.2 Å². The van der Waals surface area contributed by atoms with Crippen LogP contribution in [-0.2, 0) is 9.59 Å². The molecule has 1 atom stereocenters. The molecule has 0 aromatic heterocycles. The number of Topliss-reactive ketones (excluding diaryl/α,β-unsaturated/α-hetero) is 1. The van der Waals surface area contributed by atoms with Gasteiger partial charge in [-0.05, 0) is 39.3 Å². The van der Waals surface area contributed by atoms with Crippen molar-refractivity contribution in [1.29, 1.82) is 5.26 Å². The maximum atomic E-state index is 14.7. The summed E-state index contributed by atoms with van der Waals surface area (Å²) in [5.74, 6) is -2.23. The number of carbonyl (C=O) groups is 2. The second kappa shape index (κ2) is 10.4. The van der Waals surface area contributed by atoms with Gasteiger partial charge in [0.1, 0.15) is 17.7 Å². The van der Waals surface area contributed by atoms with Crippen LogP contribution in [0.1, 0.15) is 46.1 Å².